The number of nitrogens with one attached hydrogen (secondary N) is 1. The van der Waals surface area contributed by atoms with Gasteiger partial charge in [0, 0.05) is 25.1 Å². The van der Waals surface area contributed by atoms with Crippen LogP contribution in [0.15, 0.2) is 24.4 Å². The van der Waals surface area contributed by atoms with Gasteiger partial charge in [-0.3, -0.25) is 9.48 Å². The number of amides is 1. The van der Waals surface area contributed by atoms with Crippen LogP contribution in [-0.2, 0) is 13.0 Å². The molecule has 2 aromatic rings. The van der Waals surface area contributed by atoms with E-state index in [0.717, 1.165) is 23.5 Å². The van der Waals surface area contributed by atoms with Crippen LogP contribution in [0.5, 0.6) is 11.5 Å². The normalized spacial score (nSPS) is 16.2. The lowest BCUT2D eigenvalue weighted by molar-refractivity contribution is 0.0928. The molecular formula is C17H20ClN3O3. The van der Waals surface area contributed by atoms with Crippen LogP contribution in [0.4, 0.5) is 0 Å². The third kappa shape index (κ3) is 3.33. The summed E-state index contributed by atoms with van der Waals surface area (Å²) in [5.41, 5.74) is 1.53. The van der Waals surface area contributed by atoms with Gasteiger partial charge in [-0.25, -0.2) is 0 Å². The van der Waals surface area contributed by atoms with E-state index in [1.165, 1.54) is 6.20 Å². The Morgan fingerprint density at radius 2 is 2.38 bits per heavy atom. The number of carbonyl (C=O) groups excluding carboxylic acids is 1. The Morgan fingerprint density at radius 1 is 1.54 bits per heavy atom. The zero-order valence-corrected chi connectivity index (χ0v) is 14.5. The molecule has 0 unspecified atom stereocenters. The number of aromatic nitrogens is 2. The molecule has 1 aromatic heterocycles. The van der Waals surface area contributed by atoms with Gasteiger partial charge in [-0.05, 0) is 25.0 Å². The van der Waals surface area contributed by atoms with Crippen LogP contribution in [0.2, 0.25) is 5.02 Å². The van der Waals surface area contributed by atoms with Crippen molar-refractivity contribution in [3.8, 4) is 11.5 Å². The van der Waals surface area contributed by atoms with Gasteiger partial charge in [0.25, 0.3) is 5.91 Å². The summed E-state index contributed by atoms with van der Waals surface area (Å²) >= 11 is 6.05. The fourth-order valence-corrected chi connectivity index (χ4v) is 3.05. The number of hydrogen-bond donors (Lipinski definition) is 1. The van der Waals surface area contributed by atoms with E-state index >= 15 is 0 Å². The molecule has 1 amide bonds. The summed E-state index contributed by atoms with van der Waals surface area (Å²) in [6.45, 7) is 3.59. The maximum Gasteiger partial charge on any atom is 0.271 e. The van der Waals surface area contributed by atoms with Gasteiger partial charge in [-0.2, -0.15) is 5.10 Å². The molecule has 0 saturated heterocycles. The lowest BCUT2D eigenvalue weighted by Crippen LogP contribution is -2.35. The number of hydrogen-bond acceptors (Lipinski definition) is 4. The standard InChI is InChI=1S/C17H20ClN3O3/c1-3-21-16(14(18)9-20-21)17(22)19-8-11-6-12-4-5-13(23-2)7-15(12)24-10-11/h4-5,7,9,11H,3,6,8,10H2,1-2H3,(H,19,22)/t11-/m0/s1. The van der Waals surface area contributed by atoms with Crippen LogP contribution in [-0.4, -0.2) is 35.9 Å². The van der Waals surface area contributed by atoms with E-state index < -0.39 is 0 Å². The summed E-state index contributed by atoms with van der Waals surface area (Å²) in [7, 11) is 1.63. The van der Waals surface area contributed by atoms with Crippen molar-refractivity contribution in [3.63, 3.8) is 0 Å². The number of fused-ring (bicyclic) bond motifs is 1. The second kappa shape index (κ2) is 7.13. The molecule has 7 heteroatoms. The van der Waals surface area contributed by atoms with Gasteiger partial charge < -0.3 is 14.8 Å². The maximum atomic E-state index is 12.4. The van der Waals surface area contributed by atoms with Crippen molar-refractivity contribution in [2.24, 2.45) is 5.92 Å². The van der Waals surface area contributed by atoms with E-state index in [9.17, 15) is 4.79 Å². The average molecular weight is 350 g/mol. The molecular weight excluding hydrogens is 330 g/mol. The summed E-state index contributed by atoms with van der Waals surface area (Å²) < 4.78 is 12.6. The predicted molar refractivity (Wildman–Crippen MR) is 90.9 cm³/mol. The SMILES string of the molecule is CCn1ncc(Cl)c1C(=O)NC[C@H]1COc2cc(OC)ccc2C1. The van der Waals surface area contributed by atoms with Gasteiger partial charge in [0.15, 0.2) is 0 Å². The second-order valence-corrected chi connectivity index (χ2v) is 6.13. The largest absolute Gasteiger partial charge is 0.497 e. The lowest BCUT2D eigenvalue weighted by atomic mass is 9.96. The number of carbonyl (C=O) groups is 1. The first-order valence-electron chi connectivity index (χ1n) is 7.91. The summed E-state index contributed by atoms with van der Waals surface area (Å²) in [6, 6.07) is 5.82. The average Bonchev–Trinajstić information content (AvgIpc) is 2.99. The zero-order chi connectivity index (χ0) is 17.1. The van der Waals surface area contributed by atoms with Crippen molar-refractivity contribution in [1.82, 2.24) is 15.1 Å². The topological polar surface area (TPSA) is 65.4 Å². The smallest absolute Gasteiger partial charge is 0.271 e. The first-order chi connectivity index (χ1) is 11.6. The molecule has 6 nitrogen and oxygen atoms in total. The molecule has 24 heavy (non-hydrogen) atoms. The highest BCUT2D eigenvalue weighted by molar-refractivity contribution is 6.33. The summed E-state index contributed by atoms with van der Waals surface area (Å²) in [6.07, 6.45) is 2.34. The number of methoxy groups -OCH3 is 1. The number of aryl methyl sites for hydroxylation is 1. The third-order valence-electron chi connectivity index (χ3n) is 4.12. The van der Waals surface area contributed by atoms with E-state index in [4.69, 9.17) is 21.1 Å². The molecule has 0 radical (unpaired) electrons. The van der Waals surface area contributed by atoms with E-state index in [1.807, 2.05) is 25.1 Å². The van der Waals surface area contributed by atoms with Gasteiger partial charge >= 0.3 is 0 Å². The Kier molecular flexibility index (Phi) is 4.94. The van der Waals surface area contributed by atoms with Gasteiger partial charge in [0.2, 0.25) is 0 Å². The van der Waals surface area contributed by atoms with Gasteiger partial charge in [-0.15, -0.1) is 0 Å². The van der Waals surface area contributed by atoms with Gasteiger partial charge in [0.05, 0.1) is 24.9 Å². The lowest BCUT2D eigenvalue weighted by Gasteiger charge is -2.25. The Balaban J connectivity index is 1.61. The highest BCUT2D eigenvalue weighted by atomic mass is 35.5. The molecule has 0 fully saturated rings. The van der Waals surface area contributed by atoms with Crippen molar-refractivity contribution in [1.29, 1.82) is 0 Å². The predicted octanol–water partition coefficient (Wildman–Crippen LogP) is 2.55. The van der Waals surface area contributed by atoms with E-state index in [1.54, 1.807) is 11.8 Å². The van der Waals surface area contributed by atoms with Crippen LogP contribution in [0.1, 0.15) is 23.0 Å². The maximum absolute atomic E-state index is 12.4. The Bertz CT molecular complexity index is 745. The summed E-state index contributed by atoms with van der Waals surface area (Å²) in [4.78, 5) is 12.4. The molecule has 1 aromatic carbocycles. The molecule has 128 valence electrons. The zero-order valence-electron chi connectivity index (χ0n) is 13.7. The Hall–Kier alpha value is -2.21. The molecule has 1 N–H and O–H groups in total. The molecule has 1 aliphatic rings. The molecule has 0 saturated carbocycles. The minimum Gasteiger partial charge on any atom is -0.497 e. The fourth-order valence-electron chi connectivity index (χ4n) is 2.82. The monoisotopic (exact) mass is 349 g/mol. The summed E-state index contributed by atoms with van der Waals surface area (Å²) in [5.74, 6) is 1.64. The molecule has 1 atom stereocenters. The molecule has 2 heterocycles. The van der Waals surface area contributed by atoms with Crippen molar-refractivity contribution in [2.45, 2.75) is 19.9 Å². The number of benzene rings is 1. The van der Waals surface area contributed by atoms with Crippen LogP contribution in [0.3, 0.4) is 0 Å². The summed E-state index contributed by atoms with van der Waals surface area (Å²) in [5, 5.41) is 7.39. The van der Waals surface area contributed by atoms with E-state index in [2.05, 4.69) is 10.4 Å². The molecule has 0 spiro atoms. The highest BCUT2D eigenvalue weighted by Crippen LogP contribution is 2.30. The quantitative estimate of drug-likeness (QED) is 0.901. The van der Waals surface area contributed by atoms with Gasteiger partial charge in [0.1, 0.15) is 17.2 Å². The van der Waals surface area contributed by atoms with Crippen LogP contribution in [0.25, 0.3) is 0 Å². The van der Waals surface area contributed by atoms with Crippen molar-refractivity contribution in [2.75, 3.05) is 20.3 Å². The van der Waals surface area contributed by atoms with Crippen LogP contribution >= 0.6 is 11.6 Å². The second-order valence-electron chi connectivity index (χ2n) is 5.72. The van der Waals surface area contributed by atoms with Crippen molar-refractivity contribution < 1.29 is 14.3 Å². The fraction of sp³-hybridized carbons (Fsp3) is 0.412. The number of halogens is 1. The minimum atomic E-state index is -0.208. The third-order valence-corrected chi connectivity index (χ3v) is 4.39. The molecule has 0 aliphatic carbocycles. The molecule has 1 aliphatic heterocycles. The van der Waals surface area contributed by atoms with Crippen LogP contribution in [0, 0.1) is 5.92 Å². The minimum absolute atomic E-state index is 0.208. The number of rotatable bonds is 5. The Morgan fingerprint density at radius 3 is 3.12 bits per heavy atom. The van der Waals surface area contributed by atoms with Crippen molar-refractivity contribution >= 4 is 17.5 Å². The number of ether oxygens (including phenoxy) is 2. The first-order valence-corrected chi connectivity index (χ1v) is 8.29. The van der Waals surface area contributed by atoms with E-state index in [0.29, 0.717) is 30.4 Å². The van der Waals surface area contributed by atoms with E-state index in [-0.39, 0.29) is 11.8 Å². The van der Waals surface area contributed by atoms with Gasteiger partial charge in [-0.1, -0.05) is 17.7 Å². The molecule has 0 bridgehead atoms. The Labute approximate surface area is 145 Å². The van der Waals surface area contributed by atoms with Crippen LogP contribution < -0.4 is 14.8 Å². The highest BCUT2D eigenvalue weighted by Gasteiger charge is 2.23. The first kappa shape index (κ1) is 16.6. The number of nitrogens with zero attached hydrogens (tertiary/aromatic N) is 2. The molecule has 3 rings (SSSR count). The van der Waals surface area contributed by atoms with Crippen molar-refractivity contribution in [3.05, 3.63) is 40.7 Å².